The Morgan fingerprint density at radius 1 is 1.06 bits per heavy atom. The molecule has 0 radical (unpaired) electrons. The molecule has 0 atom stereocenters. The summed E-state index contributed by atoms with van der Waals surface area (Å²) in [5.41, 5.74) is 1.50. The van der Waals surface area contributed by atoms with Gasteiger partial charge in [0.25, 0.3) is 0 Å². The van der Waals surface area contributed by atoms with Crippen LogP contribution in [0.15, 0.2) is 35.3 Å². The Hall–Kier alpha value is -2.28. The molecule has 0 spiro atoms. The summed E-state index contributed by atoms with van der Waals surface area (Å²) in [5.74, 6) is 0.841. The van der Waals surface area contributed by atoms with Gasteiger partial charge in [0.1, 0.15) is 6.54 Å². The third-order valence-corrected chi connectivity index (χ3v) is 6.75. The van der Waals surface area contributed by atoms with Crippen LogP contribution in [-0.4, -0.2) is 75.8 Å². The molecule has 1 aliphatic heterocycles. The van der Waals surface area contributed by atoms with Gasteiger partial charge in [0.15, 0.2) is 5.96 Å². The number of nitrogens with one attached hydrogen (secondary N) is 2. The molecule has 0 bridgehead atoms. The number of piperazine rings is 1. The lowest BCUT2D eigenvalue weighted by Crippen LogP contribution is -2.50. The van der Waals surface area contributed by atoms with Gasteiger partial charge in [-0.3, -0.25) is 4.79 Å². The van der Waals surface area contributed by atoms with Gasteiger partial charge >= 0.3 is 0 Å². The normalized spacial score (nSPS) is 18.6. The lowest BCUT2D eigenvalue weighted by atomic mass is 9.83. The second kappa shape index (κ2) is 12.7. The van der Waals surface area contributed by atoms with E-state index in [1.54, 1.807) is 0 Å². The first-order valence-electron chi connectivity index (χ1n) is 12.3. The van der Waals surface area contributed by atoms with Crippen molar-refractivity contribution < 1.29 is 9.53 Å². The predicted molar refractivity (Wildman–Crippen MR) is 131 cm³/mol. The first-order valence-corrected chi connectivity index (χ1v) is 12.3. The van der Waals surface area contributed by atoms with Crippen LogP contribution in [0.2, 0.25) is 0 Å². The number of hydrogen-bond donors (Lipinski definition) is 2. The maximum atomic E-state index is 12.8. The van der Waals surface area contributed by atoms with Gasteiger partial charge < -0.3 is 25.2 Å². The minimum Gasteiger partial charge on any atom is -0.382 e. The van der Waals surface area contributed by atoms with Crippen molar-refractivity contribution in [2.75, 3.05) is 63.9 Å². The van der Waals surface area contributed by atoms with Crippen LogP contribution in [0.3, 0.4) is 0 Å². The zero-order chi connectivity index (χ0) is 22.7. The standard InChI is InChI=1S/C25H41N5O2/c1-3-26-24(28-21-25(12-8-9-13-25)14-19-32-4-2)27-20-23(31)30-17-15-29(16-18-30)22-10-6-5-7-11-22/h5-7,10-11H,3-4,8-9,12-21H2,1-2H3,(H2,26,27,28). The van der Waals surface area contributed by atoms with E-state index in [-0.39, 0.29) is 17.9 Å². The molecule has 32 heavy (non-hydrogen) atoms. The van der Waals surface area contributed by atoms with Gasteiger partial charge in [-0.2, -0.15) is 0 Å². The highest BCUT2D eigenvalue weighted by atomic mass is 16.5. The molecular formula is C25H41N5O2. The minimum absolute atomic E-state index is 0.0989. The van der Waals surface area contributed by atoms with Crippen LogP contribution in [0.4, 0.5) is 5.69 Å². The van der Waals surface area contributed by atoms with Crippen molar-refractivity contribution in [3.8, 4) is 0 Å². The molecule has 3 rings (SSSR count). The van der Waals surface area contributed by atoms with Gasteiger partial charge in [-0.05, 0) is 50.7 Å². The summed E-state index contributed by atoms with van der Waals surface area (Å²) in [5, 5.41) is 6.83. The van der Waals surface area contributed by atoms with Crippen molar-refractivity contribution in [1.82, 2.24) is 15.5 Å². The second-order valence-corrected chi connectivity index (χ2v) is 8.91. The largest absolute Gasteiger partial charge is 0.382 e. The van der Waals surface area contributed by atoms with Crippen LogP contribution < -0.4 is 15.5 Å². The van der Waals surface area contributed by atoms with Crippen molar-refractivity contribution in [2.45, 2.75) is 46.0 Å². The Balaban J connectivity index is 1.48. The summed E-state index contributed by atoms with van der Waals surface area (Å²) in [6.45, 7) is 10.8. The molecule has 1 heterocycles. The smallest absolute Gasteiger partial charge is 0.244 e. The molecule has 0 unspecified atom stereocenters. The molecule has 2 N–H and O–H groups in total. The van der Waals surface area contributed by atoms with Crippen LogP contribution in [0.25, 0.3) is 0 Å². The van der Waals surface area contributed by atoms with Crippen LogP contribution in [-0.2, 0) is 9.53 Å². The van der Waals surface area contributed by atoms with Gasteiger partial charge in [-0.25, -0.2) is 4.99 Å². The second-order valence-electron chi connectivity index (χ2n) is 8.91. The molecule has 2 fully saturated rings. The van der Waals surface area contributed by atoms with Gasteiger partial charge in [0, 0.05) is 58.2 Å². The summed E-state index contributed by atoms with van der Waals surface area (Å²) in [6.07, 6.45) is 6.12. The molecule has 1 saturated heterocycles. The van der Waals surface area contributed by atoms with E-state index in [1.165, 1.54) is 31.4 Å². The summed E-state index contributed by atoms with van der Waals surface area (Å²) < 4.78 is 5.63. The number of carbonyl (C=O) groups is 1. The summed E-state index contributed by atoms with van der Waals surface area (Å²) in [6, 6.07) is 10.4. The Morgan fingerprint density at radius 2 is 1.78 bits per heavy atom. The van der Waals surface area contributed by atoms with Gasteiger partial charge in [0.05, 0.1) is 0 Å². The average molecular weight is 444 g/mol. The first-order chi connectivity index (χ1) is 15.7. The third-order valence-electron chi connectivity index (χ3n) is 6.75. The summed E-state index contributed by atoms with van der Waals surface area (Å²) in [7, 11) is 0. The van der Waals surface area contributed by atoms with E-state index >= 15 is 0 Å². The lowest BCUT2D eigenvalue weighted by Gasteiger charge is -2.36. The number of nitrogens with zero attached hydrogens (tertiary/aromatic N) is 3. The zero-order valence-electron chi connectivity index (χ0n) is 19.9. The van der Waals surface area contributed by atoms with Crippen molar-refractivity contribution in [3.05, 3.63) is 30.3 Å². The van der Waals surface area contributed by atoms with Gasteiger partial charge in [0.2, 0.25) is 5.91 Å². The molecule has 1 saturated carbocycles. The van der Waals surface area contributed by atoms with Crippen LogP contribution >= 0.6 is 0 Å². The maximum absolute atomic E-state index is 12.8. The van der Waals surface area contributed by atoms with Crippen molar-refractivity contribution >= 4 is 17.6 Å². The van der Waals surface area contributed by atoms with E-state index in [2.05, 4.69) is 51.7 Å². The van der Waals surface area contributed by atoms with Crippen molar-refractivity contribution in [1.29, 1.82) is 0 Å². The molecule has 0 aromatic heterocycles. The fraction of sp³-hybridized carbons (Fsp3) is 0.680. The maximum Gasteiger partial charge on any atom is 0.244 e. The number of amides is 1. The fourth-order valence-electron chi connectivity index (χ4n) is 4.79. The Kier molecular flexibility index (Phi) is 9.65. The van der Waals surface area contributed by atoms with Crippen molar-refractivity contribution in [3.63, 3.8) is 0 Å². The van der Waals surface area contributed by atoms with Crippen molar-refractivity contribution in [2.24, 2.45) is 10.4 Å². The SMILES string of the molecule is CCNC(=NCC(=O)N1CCN(c2ccccc2)CC1)NCC1(CCOCC)CCCC1. The molecule has 7 heteroatoms. The van der Waals surface area contributed by atoms with E-state index in [0.29, 0.717) is 0 Å². The quantitative estimate of drug-likeness (QED) is 0.331. The van der Waals surface area contributed by atoms with E-state index in [4.69, 9.17) is 4.74 Å². The first kappa shape index (κ1) is 24.4. The molecule has 1 amide bonds. The monoisotopic (exact) mass is 443 g/mol. The Bertz CT molecular complexity index is 710. The fourth-order valence-corrected chi connectivity index (χ4v) is 4.79. The molecule has 1 aromatic rings. The number of rotatable bonds is 10. The highest BCUT2D eigenvalue weighted by molar-refractivity contribution is 5.85. The lowest BCUT2D eigenvalue weighted by molar-refractivity contribution is -0.129. The number of aliphatic imine (C=N–C) groups is 1. The number of anilines is 1. The number of ether oxygens (including phenoxy) is 1. The highest BCUT2D eigenvalue weighted by Crippen LogP contribution is 2.40. The van der Waals surface area contributed by atoms with Crippen LogP contribution in [0, 0.1) is 5.41 Å². The molecule has 7 nitrogen and oxygen atoms in total. The van der Waals surface area contributed by atoms with E-state index in [9.17, 15) is 4.79 Å². The number of hydrogen-bond acceptors (Lipinski definition) is 4. The third kappa shape index (κ3) is 7.12. The highest BCUT2D eigenvalue weighted by Gasteiger charge is 2.33. The minimum atomic E-state index is 0.0989. The number of benzene rings is 1. The molecular weight excluding hydrogens is 402 g/mol. The zero-order valence-corrected chi connectivity index (χ0v) is 19.9. The number of carbonyl (C=O) groups excluding carboxylic acids is 1. The number of para-hydroxylation sites is 1. The van der Waals surface area contributed by atoms with E-state index in [0.717, 1.165) is 64.9 Å². The van der Waals surface area contributed by atoms with Gasteiger partial charge in [-0.15, -0.1) is 0 Å². The van der Waals surface area contributed by atoms with E-state index < -0.39 is 0 Å². The molecule has 1 aromatic carbocycles. The Labute approximate surface area is 193 Å². The molecule has 178 valence electrons. The Morgan fingerprint density at radius 3 is 2.44 bits per heavy atom. The van der Waals surface area contributed by atoms with Crippen LogP contribution in [0.1, 0.15) is 46.0 Å². The summed E-state index contributed by atoms with van der Waals surface area (Å²) in [4.78, 5) is 21.7. The number of guanidine groups is 1. The topological polar surface area (TPSA) is 69.2 Å². The van der Waals surface area contributed by atoms with E-state index in [1.807, 2.05) is 17.9 Å². The molecule has 1 aliphatic carbocycles. The summed E-state index contributed by atoms with van der Waals surface area (Å²) >= 11 is 0. The molecule has 2 aliphatic rings. The van der Waals surface area contributed by atoms with Gasteiger partial charge in [-0.1, -0.05) is 31.0 Å². The van der Waals surface area contributed by atoms with Crippen LogP contribution in [0.5, 0.6) is 0 Å². The predicted octanol–water partition coefficient (Wildman–Crippen LogP) is 2.88. The average Bonchev–Trinajstić information content (AvgIpc) is 3.30.